The highest BCUT2D eigenvalue weighted by Gasteiger charge is 2.37. The summed E-state index contributed by atoms with van der Waals surface area (Å²) in [5.74, 6) is -0.0691. The predicted molar refractivity (Wildman–Crippen MR) is 48.5 cm³/mol. The summed E-state index contributed by atoms with van der Waals surface area (Å²) < 4.78 is 0. The number of carbonyl (C=O) groups is 1. The molecule has 4 nitrogen and oxygen atoms in total. The monoisotopic (exact) mass is 181 g/mol. The highest BCUT2D eigenvalue weighted by molar-refractivity contribution is 5.82. The molecular formula is C9H15N3O. The topological polar surface area (TPSA) is 78.9 Å². The number of nitrogens with one attached hydrogen (secondary N) is 1. The number of rotatable bonds is 2. The van der Waals surface area contributed by atoms with Crippen LogP contribution in [0.1, 0.15) is 26.7 Å². The molecule has 1 heterocycles. The smallest absolute Gasteiger partial charge is 0.223 e. The van der Waals surface area contributed by atoms with Gasteiger partial charge < -0.3 is 11.1 Å². The van der Waals surface area contributed by atoms with Crippen molar-refractivity contribution in [1.82, 2.24) is 5.32 Å². The number of nitriles is 1. The van der Waals surface area contributed by atoms with E-state index in [1.165, 1.54) is 0 Å². The van der Waals surface area contributed by atoms with E-state index in [4.69, 9.17) is 11.0 Å². The molecule has 4 heteroatoms. The van der Waals surface area contributed by atoms with Gasteiger partial charge in [0.25, 0.3) is 0 Å². The van der Waals surface area contributed by atoms with Gasteiger partial charge in [-0.15, -0.1) is 0 Å². The van der Waals surface area contributed by atoms with Crippen molar-refractivity contribution >= 4 is 5.91 Å². The van der Waals surface area contributed by atoms with Crippen molar-refractivity contribution in [3.05, 3.63) is 0 Å². The first-order valence-corrected chi connectivity index (χ1v) is 4.42. The lowest BCUT2D eigenvalue weighted by Gasteiger charge is -2.16. The van der Waals surface area contributed by atoms with Crippen molar-refractivity contribution in [2.75, 3.05) is 0 Å². The molecule has 1 aliphatic heterocycles. The Morgan fingerprint density at radius 3 is 2.85 bits per heavy atom. The summed E-state index contributed by atoms with van der Waals surface area (Å²) in [6.07, 6.45) is 1.23. The minimum Gasteiger partial charge on any atom is -0.351 e. The lowest BCUT2D eigenvalue weighted by Crippen LogP contribution is -2.34. The van der Waals surface area contributed by atoms with E-state index in [0.29, 0.717) is 6.42 Å². The Kier molecular flexibility index (Phi) is 2.58. The second-order valence-corrected chi connectivity index (χ2v) is 4.25. The number of hydrogen-bond acceptors (Lipinski definition) is 3. The second kappa shape index (κ2) is 3.35. The molecule has 1 rings (SSSR count). The maximum Gasteiger partial charge on any atom is 0.223 e. The first-order chi connectivity index (χ1) is 5.94. The van der Waals surface area contributed by atoms with Crippen molar-refractivity contribution < 1.29 is 4.79 Å². The van der Waals surface area contributed by atoms with Crippen molar-refractivity contribution in [1.29, 1.82) is 5.26 Å². The van der Waals surface area contributed by atoms with E-state index in [1.54, 1.807) is 0 Å². The van der Waals surface area contributed by atoms with Crippen LogP contribution in [0, 0.1) is 17.2 Å². The molecular weight excluding hydrogens is 166 g/mol. The molecule has 72 valence electrons. The van der Waals surface area contributed by atoms with Crippen molar-refractivity contribution in [3.8, 4) is 6.07 Å². The molecule has 2 atom stereocenters. The quantitative estimate of drug-likeness (QED) is 0.636. The van der Waals surface area contributed by atoms with Crippen LogP contribution in [0.2, 0.25) is 0 Å². The third-order valence-electron chi connectivity index (χ3n) is 2.29. The lowest BCUT2D eigenvalue weighted by atomic mass is 9.92. The summed E-state index contributed by atoms with van der Waals surface area (Å²) in [4.78, 5) is 11.4. The van der Waals surface area contributed by atoms with Gasteiger partial charge in [-0.25, -0.2) is 0 Å². The van der Waals surface area contributed by atoms with Crippen LogP contribution in [0.25, 0.3) is 0 Å². The Balaban J connectivity index is 2.55. The molecule has 0 aromatic rings. The van der Waals surface area contributed by atoms with Crippen LogP contribution in [0.4, 0.5) is 0 Å². The van der Waals surface area contributed by atoms with E-state index >= 15 is 0 Å². The Hall–Kier alpha value is -1.08. The van der Waals surface area contributed by atoms with Crippen LogP contribution in [-0.2, 0) is 4.79 Å². The SMILES string of the molecule is CC1(C)C[C@@H](C[C@H](N)C#N)C(=O)N1. The third kappa shape index (κ3) is 2.43. The maximum absolute atomic E-state index is 11.4. The van der Waals surface area contributed by atoms with Crippen LogP contribution in [0.15, 0.2) is 0 Å². The predicted octanol–water partition coefficient (Wildman–Crippen LogP) is 0.142. The number of nitrogens with zero attached hydrogens (tertiary/aromatic N) is 1. The summed E-state index contributed by atoms with van der Waals surface area (Å²) in [6, 6.07) is 1.41. The van der Waals surface area contributed by atoms with Gasteiger partial charge in [-0.1, -0.05) is 0 Å². The molecule has 0 aromatic heterocycles. The van der Waals surface area contributed by atoms with E-state index < -0.39 is 6.04 Å². The Bertz CT molecular complexity index is 254. The van der Waals surface area contributed by atoms with E-state index in [0.717, 1.165) is 6.42 Å². The van der Waals surface area contributed by atoms with E-state index in [1.807, 2.05) is 19.9 Å². The highest BCUT2D eigenvalue weighted by Crippen LogP contribution is 2.27. The number of carbonyl (C=O) groups excluding carboxylic acids is 1. The molecule has 0 radical (unpaired) electrons. The molecule has 0 aliphatic carbocycles. The largest absolute Gasteiger partial charge is 0.351 e. The average molecular weight is 181 g/mol. The summed E-state index contributed by atoms with van der Waals surface area (Å²) in [5, 5.41) is 11.4. The van der Waals surface area contributed by atoms with Gasteiger partial charge in [0.15, 0.2) is 0 Å². The van der Waals surface area contributed by atoms with Crippen molar-refractivity contribution in [3.63, 3.8) is 0 Å². The molecule has 13 heavy (non-hydrogen) atoms. The fourth-order valence-corrected chi connectivity index (χ4v) is 1.74. The van der Waals surface area contributed by atoms with Crippen molar-refractivity contribution in [2.45, 2.75) is 38.3 Å². The standard InChI is InChI=1S/C9H15N3O/c1-9(2)4-6(8(13)12-9)3-7(11)5-10/h6-7H,3-4,11H2,1-2H3,(H,12,13)/t6-,7+/m1/s1. The van der Waals surface area contributed by atoms with Gasteiger partial charge in [0.2, 0.25) is 5.91 Å². The number of amides is 1. The fraction of sp³-hybridized carbons (Fsp3) is 0.778. The van der Waals surface area contributed by atoms with Gasteiger partial charge in [0.1, 0.15) is 0 Å². The molecule has 0 aromatic carbocycles. The molecule has 1 amide bonds. The minimum absolute atomic E-state index is 0.0238. The van der Waals surface area contributed by atoms with E-state index in [2.05, 4.69) is 5.32 Å². The molecule has 3 N–H and O–H groups in total. The number of hydrogen-bond donors (Lipinski definition) is 2. The molecule has 0 bridgehead atoms. The van der Waals surface area contributed by atoms with Gasteiger partial charge in [-0.2, -0.15) is 5.26 Å². The zero-order valence-electron chi connectivity index (χ0n) is 8.00. The van der Waals surface area contributed by atoms with Gasteiger partial charge >= 0.3 is 0 Å². The first-order valence-electron chi connectivity index (χ1n) is 4.42. The fourth-order valence-electron chi connectivity index (χ4n) is 1.74. The van der Waals surface area contributed by atoms with Gasteiger partial charge in [0, 0.05) is 11.5 Å². The highest BCUT2D eigenvalue weighted by atomic mass is 16.2. The first kappa shape index (κ1) is 10.0. The Morgan fingerprint density at radius 2 is 2.46 bits per heavy atom. The maximum atomic E-state index is 11.4. The van der Waals surface area contributed by atoms with Crippen LogP contribution in [0.3, 0.4) is 0 Å². The zero-order chi connectivity index (χ0) is 10.1. The summed E-state index contributed by atoms with van der Waals surface area (Å²) in [6.45, 7) is 3.95. The normalized spacial score (nSPS) is 27.8. The van der Waals surface area contributed by atoms with Crippen LogP contribution >= 0.6 is 0 Å². The van der Waals surface area contributed by atoms with E-state index in [-0.39, 0.29) is 17.4 Å². The number of nitrogens with two attached hydrogens (primary N) is 1. The summed E-state index contributed by atoms with van der Waals surface area (Å²) in [7, 11) is 0. The summed E-state index contributed by atoms with van der Waals surface area (Å²) in [5.41, 5.74) is 5.32. The Labute approximate surface area is 78.1 Å². The molecule has 0 unspecified atom stereocenters. The molecule has 1 aliphatic rings. The molecule has 1 saturated heterocycles. The Morgan fingerprint density at radius 1 is 1.85 bits per heavy atom. The average Bonchev–Trinajstić information content (AvgIpc) is 2.24. The van der Waals surface area contributed by atoms with Crippen LogP contribution in [-0.4, -0.2) is 17.5 Å². The summed E-state index contributed by atoms with van der Waals surface area (Å²) >= 11 is 0. The van der Waals surface area contributed by atoms with Gasteiger partial charge in [0.05, 0.1) is 12.1 Å². The van der Waals surface area contributed by atoms with Crippen molar-refractivity contribution in [2.24, 2.45) is 11.7 Å². The van der Waals surface area contributed by atoms with Crippen LogP contribution < -0.4 is 11.1 Å². The van der Waals surface area contributed by atoms with Crippen LogP contribution in [0.5, 0.6) is 0 Å². The zero-order valence-corrected chi connectivity index (χ0v) is 8.00. The lowest BCUT2D eigenvalue weighted by molar-refractivity contribution is -0.123. The van der Waals surface area contributed by atoms with E-state index in [9.17, 15) is 4.79 Å². The molecule has 0 spiro atoms. The third-order valence-corrected chi connectivity index (χ3v) is 2.29. The van der Waals surface area contributed by atoms with Gasteiger partial charge in [-0.05, 0) is 26.7 Å². The minimum atomic E-state index is -0.523. The second-order valence-electron chi connectivity index (χ2n) is 4.25. The van der Waals surface area contributed by atoms with Gasteiger partial charge in [-0.3, -0.25) is 4.79 Å². The molecule has 1 fully saturated rings. The molecule has 0 saturated carbocycles.